The average Bonchev–Trinajstić information content (AvgIpc) is 3.73. The Hall–Kier alpha value is -4.40. The Morgan fingerprint density at radius 1 is 0.974 bits per heavy atom. The number of aromatic amines is 1. The Bertz CT molecular complexity index is 1520. The molecule has 4 heterocycles. The van der Waals surface area contributed by atoms with E-state index < -0.39 is 11.5 Å². The quantitative estimate of drug-likeness (QED) is 0.416. The van der Waals surface area contributed by atoms with Gasteiger partial charge >= 0.3 is 0 Å². The van der Waals surface area contributed by atoms with E-state index in [4.69, 9.17) is 0 Å². The number of carbonyl (C=O) groups excluding carboxylic acids is 3. The molecule has 0 aliphatic carbocycles. The number of hydrogen-bond acceptors (Lipinski definition) is 4. The molecule has 0 saturated carbocycles. The number of aromatic nitrogens is 3. The van der Waals surface area contributed by atoms with E-state index in [1.54, 1.807) is 18.6 Å². The maximum Gasteiger partial charge on any atom is 0.274 e. The number of hydrogen-bond donors (Lipinski definition) is 2. The van der Waals surface area contributed by atoms with Crippen LogP contribution in [0, 0.1) is 5.41 Å². The number of carbonyl (C=O) groups is 3. The molecule has 2 saturated heterocycles. The molecule has 2 aromatic carbocycles. The Kier molecular flexibility index (Phi) is 6.01. The second-order valence-corrected chi connectivity index (χ2v) is 11.5. The average molecular weight is 525 g/mol. The first-order valence-corrected chi connectivity index (χ1v) is 13.3. The highest BCUT2D eigenvalue weighted by Crippen LogP contribution is 2.34. The highest BCUT2D eigenvalue weighted by atomic mass is 16.2. The van der Waals surface area contributed by atoms with Crippen molar-refractivity contribution in [2.75, 3.05) is 13.1 Å². The number of nitrogens with one attached hydrogen (secondary N) is 2. The van der Waals surface area contributed by atoms with Gasteiger partial charge in [-0.1, -0.05) is 57.2 Å². The van der Waals surface area contributed by atoms with Crippen LogP contribution >= 0.6 is 0 Å². The van der Waals surface area contributed by atoms with E-state index >= 15 is 0 Å². The molecule has 0 radical (unpaired) electrons. The molecule has 2 N–H and O–H groups in total. The molecule has 4 aromatic rings. The van der Waals surface area contributed by atoms with Crippen molar-refractivity contribution >= 4 is 28.6 Å². The van der Waals surface area contributed by atoms with Crippen LogP contribution in [0.4, 0.5) is 0 Å². The van der Waals surface area contributed by atoms with Gasteiger partial charge in [0.2, 0.25) is 5.91 Å². The normalized spacial score (nSPS) is 19.5. The molecule has 2 aliphatic heterocycles. The molecule has 39 heavy (non-hydrogen) atoms. The van der Waals surface area contributed by atoms with Crippen molar-refractivity contribution in [1.82, 2.24) is 29.7 Å². The third-order valence-corrected chi connectivity index (χ3v) is 7.80. The second kappa shape index (κ2) is 9.41. The maximum absolute atomic E-state index is 13.8. The zero-order valence-corrected chi connectivity index (χ0v) is 22.3. The van der Waals surface area contributed by atoms with Crippen molar-refractivity contribution in [3.05, 3.63) is 84.6 Å². The smallest absolute Gasteiger partial charge is 0.274 e. The van der Waals surface area contributed by atoms with Crippen molar-refractivity contribution in [1.29, 1.82) is 0 Å². The largest absolute Gasteiger partial charge is 0.351 e. The molecule has 0 unspecified atom stereocenters. The fourth-order valence-corrected chi connectivity index (χ4v) is 5.73. The summed E-state index contributed by atoms with van der Waals surface area (Å²) in [5.41, 5.74) is 2.12. The van der Waals surface area contributed by atoms with E-state index in [1.165, 1.54) is 0 Å². The molecular weight excluding hydrogens is 492 g/mol. The highest BCUT2D eigenvalue weighted by molar-refractivity contribution is 6.00. The molecule has 6 rings (SSSR count). The number of amides is 3. The van der Waals surface area contributed by atoms with Gasteiger partial charge in [-0.15, -0.1) is 0 Å². The van der Waals surface area contributed by atoms with Gasteiger partial charge in [-0.25, -0.2) is 4.98 Å². The Morgan fingerprint density at radius 2 is 1.67 bits per heavy atom. The van der Waals surface area contributed by atoms with E-state index in [2.05, 4.69) is 15.3 Å². The number of fused-ring (bicyclic) bond motifs is 3. The number of nitrogens with zero attached hydrogens (tertiary/aromatic N) is 4. The monoisotopic (exact) mass is 524 g/mol. The van der Waals surface area contributed by atoms with Gasteiger partial charge in [-0.2, -0.15) is 0 Å². The van der Waals surface area contributed by atoms with Crippen molar-refractivity contribution in [3.8, 4) is 5.69 Å². The fourth-order valence-electron chi connectivity index (χ4n) is 5.73. The number of rotatable bonds is 5. The molecule has 2 fully saturated rings. The number of piperazine rings is 1. The third kappa shape index (κ3) is 4.58. The van der Waals surface area contributed by atoms with Crippen molar-refractivity contribution in [2.45, 2.75) is 45.3 Å². The lowest BCUT2D eigenvalue weighted by Gasteiger charge is -2.39. The first-order chi connectivity index (χ1) is 18.7. The summed E-state index contributed by atoms with van der Waals surface area (Å²) in [5, 5.41) is 3.94. The lowest BCUT2D eigenvalue weighted by atomic mass is 9.85. The summed E-state index contributed by atoms with van der Waals surface area (Å²) < 4.78 is 1.83. The van der Waals surface area contributed by atoms with Gasteiger partial charge in [-0.05, 0) is 36.1 Å². The van der Waals surface area contributed by atoms with E-state index in [0.29, 0.717) is 24.5 Å². The van der Waals surface area contributed by atoms with E-state index in [1.807, 2.05) is 89.7 Å². The predicted molar refractivity (Wildman–Crippen MR) is 148 cm³/mol. The molecule has 3 amide bonds. The van der Waals surface area contributed by atoms with Crippen molar-refractivity contribution in [3.63, 3.8) is 0 Å². The minimum absolute atomic E-state index is 0.0710. The topological polar surface area (TPSA) is 103 Å². The van der Waals surface area contributed by atoms with Gasteiger partial charge in [0.1, 0.15) is 23.8 Å². The van der Waals surface area contributed by atoms with Gasteiger partial charge < -0.3 is 24.7 Å². The molecule has 2 aromatic heterocycles. The zero-order valence-electron chi connectivity index (χ0n) is 22.3. The number of likely N-dealkylation sites (tertiary alicyclic amines) is 2. The van der Waals surface area contributed by atoms with E-state index in [0.717, 1.165) is 23.0 Å². The van der Waals surface area contributed by atoms with Crippen LogP contribution in [-0.4, -0.2) is 73.3 Å². The van der Waals surface area contributed by atoms with Gasteiger partial charge in [0, 0.05) is 35.9 Å². The standard InChI is InChI=1S/C30H32N6O3/c1-30(2,3)26(33-27(37)24-13-19-9-7-8-12-23(19)32-24)29(39)36-16-21-14-22(36)15-35(21)28(38)25-17-34(18-31-25)20-10-5-4-6-11-20/h4-13,17-18,21-22,26,32H,14-16H2,1-3H3,(H,33,37)/t21-,22-,26+/m0/s1. The SMILES string of the molecule is CC(C)(C)[C@H](NC(=O)c1cc2ccccc2[nH]1)C(=O)N1C[C@@H]2C[C@H]1CN2C(=O)c1cn(-c2ccccc2)cn1. The van der Waals surface area contributed by atoms with Crippen molar-refractivity contribution < 1.29 is 14.4 Å². The lowest BCUT2D eigenvalue weighted by Crippen LogP contribution is -2.59. The van der Waals surface area contributed by atoms with Crippen LogP contribution < -0.4 is 5.32 Å². The summed E-state index contributed by atoms with van der Waals surface area (Å²) >= 11 is 0. The molecule has 9 nitrogen and oxygen atoms in total. The van der Waals surface area contributed by atoms with Gasteiger partial charge in [0.25, 0.3) is 11.8 Å². The summed E-state index contributed by atoms with van der Waals surface area (Å²) in [6.45, 7) is 6.76. The summed E-state index contributed by atoms with van der Waals surface area (Å²) in [7, 11) is 0. The van der Waals surface area contributed by atoms with Crippen LogP contribution in [-0.2, 0) is 4.79 Å². The fraction of sp³-hybridized carbons (Fsp3) is 0.333. The first kappa shape index (κ1) is 24.9. The van der Waals surface area contributed by atoms with Crippen LogP contribution in [0.5, 0.6) is 0 Å². The summed E-state index contributed by atoms with van der Waals surface area (Å²) in [4.78, 5) is 51.5. The molecule has 9 heteroatoms. The Balaban J connectivity index is 1.14. The van der Waals surface area contributed by atoms with Crippen LogP contribution in [0.25, 0.3) is 16.6 Å². The summed E-state index contributed by atoms with van der Waals surface area (Å²) in [6, 6.07) is 18.4. The lowest BCUT2D eigenvalue weighted by molar-refractivity contribution is -0.138. The molecule has 3 atom stereocenters. The Labute approximate surface area is 226 Å². The second-order valence-electron chi connectivity index (χ2n) is 11.5. The minimum Gasteiger partial charge on any atom is -0.351 e. The summed E-state index contributed by atoms with van der Waals surface area (Å²) in [6.07, 6.45) is 4.13. The van der Waals surface area contributed by atoms with Gasteiger partial charge in [0.05, 0.1) is 12.1 Å². The number of H-pyrrole nitrogens is 1. The Morgan fingerprint density at radius 3 is 2.36 bits per heavy atom. The highest BCUT2D eigenvalue weighted by Gasteiger charge is 2.50. The van der Waals surface area contributed by atoms with E-state index in [9.17, 15) is 14.4 Å². The zero-order chi connectivity index (χ0) is 27.3. The van der Waals surface area contributed by atoms with Gasteiger partial charge in [-0.3, -0.25) is 14.4 Å². The van der Waals surface area contributed by atoms with Crippen LogP contribution in [0.15, 0.2) is 73.2 Å². The number of imidazole rings is 1. The number of para-hydroxylation sites is 2. The molecule has 2 aliphatic rings. The van der Waals surface area contributed by atoms with Crippen LogP contribution in [0.2, 0.25) is 0 Å². The minimum atomic E-state index is -0.707. The van der Waals surface area contributed by atoms with Crippen LogP contribution in [0.1, 0.15) is 48.2 Å². The predicted octanol–water partition coefficient (Wildman–Crippen LogP) is 3.62. The van der Waals surface area contributed by atoms with E-state index in [-0.39, 0.29) is 29.8 Å². The van der Waals surface area contributed by atoms with Gasteiger partial charge in [0.15, 0.2) is 0 Å². The maximum atomic E-state index is 13.8. The van der Waals surface area contributed by atoms with Crippen LogP contribution in [0.3, 0.4) is 0 Å². The molecular formula is C30H32N6O3. The third-order valence-electron chi connectivity index (χ3n) is 7.80. The molecule has 200 valence electrons. The molecule has 0 spiro atoms. The van der Waals surface area contributed by atoms with Crippen molar-refractivity contribution in [2.24, 2.45) is 5.41 Å². The number of benzene rings is 2. The molecule has 2 bridgehead atoms. The first-order valence-electron chi connectivity index (χ1n) is 13.3. The summed E-state index contributed by atoms with van der Waals surface area (Å²) in [5.74, 6) is -0.543.